The van der Waals surface area contributed by atoms with Gasteiger partial charge >= 0.3 is 0 Å². The van der Waals surface area contributed by atoms with E-state index in [9.17, 15) is 0 Å². The van der Waals surface area contributed by atoms with Crippen LogP contribution in [0.5, 0.6) is 0 Å². The van der Waals surface area contributed by atoms with Gasteiger partial charge in [-0.3, -0.25) is 0 Å². The standard InChI is InChI=1S/C13H12N4S/c1-17(11-5-3-2-4-10(11)8-14)13-15-12(16-18-13)9-6-7-9/h2-5,9H,6-7H2,1H3. The topological polar surface area (TPSA) is 52.8 Å². The van der Waals surface area contributed by atoms with Crippen molar-refractivity contribution < 1.29 is 0 Å². The number of benzene rings is 1. The third-order valence-electron chi connectivity index (χ3n) is 3.05. The van der Waals surface area contributed by atoms with Crippen molar-refractivity contribution in [2.24, 2.45) is 0 Å². The molecule has 0 radical (unpaired) electrons. The molecule has 90 valence electrons. The maximum absolute atomic E-state index is 9.11. The Labute approximate surface area is 110 Å². The molecule has 5 heteroatoms. The molecule has 1 aliphatic rings. The van der Waals surface area contributed by atoms with Gasteiger partial charge in [0.1, 0.15) is 11.9 Å². The summed E-state index contributed by atoms with van der Waals surface area (Å²) in [5, 5.41) is 9.96. The van der Waals surface area contributed by atoms with Crippen LogP contribution in [0.3, 0.4) is 0 Å². The third-order valence-corrected chi connectivity index (χ3v) is 3.85. The maximum Gasteiger partial charge on any atom is 0.209 e. The van der Waals surface area contributed by atoms with Gasteiger partial charge in [0.05, 0.1) is 11.3 Å². The van der Waals surface area contributed by atoms with Crippen molar-refractivity contribution in [3.8, 4) is 6.07 Å². The van der Waals surface area contributed by atoms with Crippen LogP contribution in [0.15, 0.2) is 24.3 Å². The van der Waals surface area contributed by atoms with Crippen LogP contribution in [-0.2, 0) is 0 Å². The molecule has 3 rings (SSSR count). The predicted molar refractivity (Wildman–Crippen MR) is 71.1 cm³/mol. The average Bonchev–Trinajstić information content (AvgIpc) is 3.16. The number of nitriles is 1. The van der Waals surface area contributed by atoms with Crippen LogP contribution in [-0.4, -0.2) is 16.4 Å². The largest absolute Gasteiger partial charge is 0.318 e. The number of para-hydroxylation sites is 1. The minimum Gasteiger partial charge on any atom is -0.318 e. The minimum absolute atomic E-state index is 0.564. The molecule has 4 nitrogen and oxygen atoms in total. The Morgan fingerprint density at radius 3 is 2.89 bits per heavy atom. The molecule has 18 heavy (non-hydrogen) atoms. The van der Waals surface area contributed by atoms with Crippen LogP contribution in [0.2, 0.25) is 0 Å². The highest BCUT2D eigenvalue weighted by molar-refractivity contribution is 7.09. The fourth-order valence-corrected chi connectivity index (χ4v) is 2.55. The van der Waals surface area contributed by atoms with Gasteiger partial charge in [-0.05, 0) is 25.0 Å². The molecular formula is C13H12N4S. The molecule has 0 amide bonds. The molecule has 0 spiro atoms. The molecule has 0 atom stereocenters. The molecule has 1 aromatic heterocycles. The zero-order chi connectivity index (χ0) is 12.5. The Hall–Kier alpha value is -1.93. The highest BCUT2D eigenvalue weighted by Gasteiger charge is 2.28. The van der Waals surface area contributed by atoms with Crippen LogP contribution in [0.1, 0.15) is 30.1 Å². The van der Waals surface area contributed by atoms with Crippen LogP contribution in [0.25, 0.3) is 0 Å². The first-order chi connectivity index (χ1) is 8.79. The molecule has 0 saturated heterocycles. The van der Waals surface area contributed by atoms with E-state index in [2.05, 4.69) is 15.4 Å². The SMILES string of the molecule is CN(c1nc(C2CC2)ns1)c1ccccc1C#N. The molecule has 1 aliphatic carbocycles. The number of hydrogen-bond acceptors (Lipinski definition) is 5. The minimum atomic E-state index is 0.564. The number of aromatic nitrogens is 2. The second-order valence-corrected chi connectivity index (χ2v) is 5.13. The molecule has 1 fully saturated rings. The van der Waals surface area contributed by atoms with Crippen molar-refractivity contribution in [3.05, 3.63) is 35.7 Å². The Morgan fingerprint density at radius 1 is 1.39 bits per heavy atom. The van der Waals surface area contributed by atoms with E-state index in [0.717, 1.165) is 16.6 Å². The smallest absolute Gasteiger partial charge is 0.209 e. The van der Waals surface area contributed by atoms with Gasteiger partial charge in [0, 0.05) is 24.5 Å². The van der Waals surface area contributed by atoms with Gasteiger partial charge in [0.15, 0.2) is 0 Å². The third kappa shape index (κ3) is 1.95. The summed E-state index contributed by atoms with van der Waals surface area (Å²) < 4.78 is 4.39. The monoisotopic (exact) mass is 256 g/mol. The number of rotatable bonds is 3. The lowest BCUT2D eigenvalue weighted by Crippen LogP contribution is -2.10. The maximum atomic E-state index is 9.11. The van der Waals surface area contributed by atoms with E-state index in [1.807, 2.05) is 36.2 Å². The molecule has 0 bridgehead atoms. The summed E-state index contributed by atoms with van der Waals surface area (Å²) in [7, 11) is 1.92. The van der Waals surface area contributed by atoms with Gasteiger partial charge in [-0.1, -0.05) is 12.1 Å². The van der Waals surface area contributed by atoms with Gasteiger partial charge in [0.25, 0.3) is 0 Å². The van der Waals surface area contributed by atoms with E-state index in [-0.39, 0.29) is 0 Å². The molecule has 0 unspecified atom stereocenters. The van der Waals surface area contributed by atoms with E-state index in [4.69, 9.17) is 5.26 Å². The first-order valence-electron chi connectivity index (χ1n) is 5.86. The quantitative estimate of drug-likeness (QED) is 0.847. The van der Waals surface area contributed by atoms with Crippen molar-refractivity contribution in [3.63, 3.8) is 0 Å². The summed E-state index contributed by atoms with van der Waals surface area (Å²) in [6.07, 6.45) is 2.41. The summed E-state index contributed by atoms with van der Waals surface area (Å²) in [6.45, 7) is 0. The van der Waals surface area contributed by atoms with Crippen molar-refractivity contribution >= 4 is 22.4 Å². The van der Waals surface area contributed by atoms with Gasteiger partial charge in [-0.15, -0.1) is 0 Å². The van der Waals surface area contributed by atoms with Gasteiger partial charge in [-0.25, -0.2) is 4.98 Å². The molecule has 0 N–H and O–H groups in total. The van der Waals surface area contributed by atoms with Gasteiger partial charge in [0.2, 0.25) is 5.13 Å². The first kappa shape index (κ1) is 11.2. The fourth-order valence-electron chi connectivity index (χ4n) is 1.83. The van der Waals surface area contributed by atoms with E-state index in [1.165, 1.54) is 24.4 Å². The summed E-state index contributed by atoms with van der Waals surface area (Å²) in [4.78, 5) is 6.48. The first-order valence-corrected chi connectivity index (χ1v) is 6.63. The summed E-state index contributed by atoms with van der Waals surface area (Å²) in [5.74, 6) is 1.52. The second-order valence-electron chi connectivity index (χ2n) is 4.40. The summed E-state index contributed by atoms with van der Waals surface area (Å²) in [5.41, 5.74) is 1.53. The molecule has 1 heterocycles. The fraction of sp³-hybridized carbons (Fsp3) is 0.308. The van der Waals surface area contributed by atoms with Crippen molar-refractivity contribution in [2.45, 2.75) is 18.8 Å². The highest BCUT2D eigenvalue weighted by atomic mass is 32.1. The van der Waals surface area contributed by atoms with Crippen molar-refractivity contribution in [2.75, 3.05) is 11.9 Å². The van der Waals surface area contributed by atoms with E-state index in [0.29, 0.717) is 11.5 Å². The van der Waals surface area contributed by atoms with E-state index < -0.39 is 0 Å². The number of nitrogens with zero attached hydrogens (tertiary/aromatic N) is 4. The second kappa shape index (κ2) is 4.39. The molecule has 1 aromatic carbocycles. The van der Waals surface area contributed by atoms with Gasteiger partial charge in [-0.2, -0.15) is 9.64 Å². The highest BCUT2D eigenvalue weighted by Crippen LogP contribution is 2.40. The molecule has 2 aromatic rings. The predicted octanol–water partition coefficient (Wildman–Crippen LogP) is 3.06. The Balaban J connectivity index is 1.92. The van der Waals surface area contributed by atoms with E-state index in [1.54, 1.807) is 0 Å². The Bertz CT molecular complexity index is 609. The average molecular weight is 256 g/mol. The van der Waals surface area contributed by atoms with Crippen LogP contribution in [0, 0.1) is 11.3 Å². The normalized spacial score (nSPS) is 14.2. The van der Waals surface area contributed by atoms with Crippen LogP contribution >= 0.6 is 11.5 Å². The number of hydrogen-bond donors (Lipinski definition) is 0. The lowest BCUT2D eigenvalue weighted by Gasteiger charge is -2.16. The summed E-state index contributed by atoms with van der Waals surface area (Å²) >= 11 is 1.40. The van der Waals surface area contributed by atoms with Crippen molar-refractivity contribution in [1.82, 2.24) is 9.36 Å². The summed E-state index contributed by atoms with van der Waals surface area (Å²) in [6, 6.07) is 9.74. The zero-order valence-electron chi connectivity index (χ0n) is 10.00. The van der Waals surface area contributed by atoms with Crippen LogP contribution in [0.4, 0.5) is 10.8 Å². The Kier molecular flexibility index (Phi) is 2.73. The molecular weight excluding hydrogens is 244 g/mol. The zero-order valence-corrected chi connectivity index (χ0v) is 10.8. The van der Waals surface area contributed by atoms with Crippen molar-refractivity contribution in [1.29, 1.82) is 5.26 Å². The van der Waals surface area contributed by atoms with E-state index >= 15 is 0 Å². The van der Waals surface area contributed by atoms with Crippen LogP contribution < -0.4 is 4.90 Å². The lowest BCUT2D eigenvalue weighted by atomic mass is 10.2. The molecule has 0 aliphatic heterocycles. The molecule has 1 saturated carbocycles. The van der Waals surface area contributed by atoms with Gasteiger partial charge < -0.3 is 4.90 Å². The Morgan fingerprint density at radius 2 is 2.17 bits per heavy atom. The number of anilines is 2. The lowest BCUT2D eigenvalue weighted by molar-refractivity contribution is 0.976.